The molecule has 94 valence electrons. The number of carbonyl (C=O) groups is 2. The molecule has 0 aromatic rings. The Morgan fingerprint density at radius 2 is 1.56 bits per heavy atom. The second-order valence-electron chi connectivity index (χ2n) is 3.42. The van der Waals surface area contributed by atoms with Gasteiger partial charge in [0.1, 0.15) is 0 Å². The highest BCUT2D eigenvalue weighted by atomic mass is 19.4. The Labute approximate surface area is 89.0 Å². The minimum atomic E-state index is -3.98. The summed E-state index contributed by atoms with van der Waals surface area (Å²) < 4.78 is 35.3. The molecule has 0 aromatic carbocycles. The predicted octanol–water partition coefficient (Wildman–Crippen LogP) is 0.689. The molecule has 1 saturated carbocycles. The van der Waals surface area contributed by atoms with Gasteiger partial charge in [0.15, 0.2) is 0 Å². The number of carboxylic acids is 2. The maximum Gasteiger partial charge on any atom is 0.414 e. The summed E-state index contributed by atoms with van der Waals surface area (Å²) in [7, 11) is 0. The Balaban J connectivity index is 0.000000325. The molecule has 0 amide bonds. The van der Waals surface area contributed by atoms with E-state index in [1.807, 2.05) is 0 Å². The van der Waals surface area contributed by atoms with Crippen molar-refractivity contribution in [3.8, 4) is 0 Å². The minimum absolute atomic E-state index is 0.117. The predicted molar refractivity (Wildman–Crippen MR) is 46.6 cm³/mol. The van der Waals surface area contributed by atoms with Gasteiger partial charge in [-0.25, -0.2) is 9.59 Å². The molecule has 8 heteroatoms. The van der Waals surface area contributed by atoms with Crippen LogP contribution in [-0.4, -0.2) is 34.9 Å². The van der Waals surface area contributed by atoms with E-state index < -0.39 is 24.0 Å². The Hall–Kier alpha value is -1.31. The lowest BCUT2D eigenvalue weighted by molar-refractivity contribution is -0.203. The first-order valence-electron chi connectivity index (χ1n) is 4.41. The summed E-state index contributed by atoms with van der Waals surface area (Å²) in [6, 6.07) is 0. The lowest BCUT2D eigenvalue weighted by Gasteiger charge is -2.35. The minimum Gasteiger partial charge on any atom is -0.473 e. The Morgan fingerprint density at radius 3 is 1.75 bits per heavy atom. The fourth-order valence-electron chi connectivity index (χ4n) is 1.20. The lowest BCUT2D eigenvalue weighted by Crippen LogP contribution is -2.38. The van der Waals surface area contributed by atoms with Crippen LogP contribution < -0.4 is 5.73 Å². The lowest BCUT2D eigenvalue weighted by atomic mass is 9.74. The number of alkyl halides is 3. The van der Waals surface area contributed by atoms with E-state index in [1.165, 1.54) is 0 Å². The second-order valence-corrected chi connectivity index (χ2v) is 3.42. The van der Waals surface area contributed by atoms with Gasteiger partial charge in [0.2, 0.25) is 0 Å². The van der Waals surface area contributed by atoms with Gasteiger partial charge in [0.05, 0.1) is 5.92 Å². The van der Waals surface area contributed by atoms with Crippen molar-refractivity contribution in [2.24, 2.45) is 17.6 Å². The molecule has 0 atom stereocenters. The van der Waals surface area contributed by atoms with E-state index in [0.717, 1.165) is 0 Å². The van der Waals surface area contributed by atoms with E-state index in [0.29, 0.717) is 6.54 Å². The summed E-state index contributed by atoms with van der Waals surface area (Å²) in [5, 5.41) is 14.8. The molecule has 4 N–H and O–H groups in total. The molecular weight excluding hydrogens is 231 g/mol. The van der Waals surface area contributed by atoms with Gasteiger partial charge in [-0.15, -0.1) is 0 Å². The Morgan fingerprint density at radius 1 is 1.19 bits per heavy atom. The molecule has 0 aliphatic heterocycles. The molecule has 1 rings (SSSR count). The van der Waals surface area contributed by atoms with Gasteiger partial charge in [0, 0.05) is 0 Å². The quantitative estimate of drug-likeness (QED) is 0.588. The third kappa shape index (κ3) is 4.96. The molecule has 0 spiro atoms. The zero-order valence-corrected chi connectivity index (χ0v) is 8.20. The topological polar surface area (TPSA) is 101 Å². The van der Waals surface area contributed by atoms with Crippen LogP contribution >= 0.6 is 0 Å². The van der Waals surface area contributed by atoms with Crippen molar-refractivity contribution in [2.75, 3.05) is 6.54 Å². The molecule has 16 heavy (non-hydrogen) atoms. The summed E-state index contributed by atoms with van der Waals surface area (Å²) in [6.45, 7) is 0.395. The van der Waals surface area contributed by atoms with E-state index in [2.05, 4.69) is 0 Å². The highest BCUT2D eigenvalue weighted by Crippen LogP contribution is 2.43. The van der Waals surface area contributed by atoms with Gasteiger partial charge >= 0.3 is 18.1 Å². The Kier molecular flexibility index (Phi) is 5.22. The van der Waals surface area contributed by atoms with Gasteiger partial charge in [-0.3, -0.25) is 0 Å². The van der Waals surface area contributed by atoms with Crippen molar-refractivity contribution in [3.63, 3.8) is 0 Å². The van der Waals surface area contributed by atoms with Crippen LogP contribution in [0.25, 0.3) is 0 Å². The Bertz CT molecular complexity index is 248. The van der Waals surface area contributed by atoms with Gasteiger partial charge in [-0.05, 0) is 25.3 Å². The van der Waals surface area contributed by atoms with Crippen LogP contribution in [0.15, 0.2) is 0 Å². The first-order chi connectivity index (χ1) is 7.18. The van der Waals surface area contributed by atoms with Crippen molar-refractivity contribution in [3.05, 3.63) is 0 Å². The van der Waals surface area contributed by atoms with Crippen LogP contribution in [0.2, 0.25) is 0 Å². The fraction of sp³-hybridized carbons (Fsp3) is 0.750. The molecular formula is C8H12F3NO4. The first-order valence-corrected chi connectivity index (χ1v) is 4.41. The van der Waals surface area contributed by atoms with Gasteiger partial charge < -0.3 is 15.9 Å². The average Bonchev–Trinajstić information content (AvgIpc) is 2.00. The molecule has 0 heterocycles. The van der Waals surface area contributed by atoms with E-state index in [-0.39, 0.29) is 18.8 Å². The van der Waals surface area contributed by atoms with Crippen molar-refractivity contribution < 1.29 is 33.0 Å². The summed E-state index contributed by atoms with van der Waals surface area (Å²) in [4.78, 5) is 18.2. The summed E-state index contributed by atoms with van der Waals surface area (Å²) in [6.07, 6.45) is -3.51. The highest BCUT2D eigenvalue weighted by Gasteiger charge is 2.47. The summed E-state index contributed by atoms with van der Waals surface area (Å²) >= 11 is 0. The van der Waals surface area contributed by atoms with Crippen molar-refractivity contribution in [2.45, 2.75) is 19.0 Å². The smallest absolute Gasteiger partial charge is 0.414 e. The number of carboxylic acid groups (broad SMARTS) is 2. The largest absolute Gasteiger partial charge is 0.473 e. The van der Waals surface area contributed by atoms with E-state index in [1.54, 1.807) is 0 Å². The molecule has 1 aliphatic carbocycles. The zero-order valence-electron chi connectivity index (χ0n) is 8.20. The van der Waals surface area contributed by atoms with E-state index in [4.69, 9.17) is 25.5 Å². The maximum atomic E-state index is 11.8. The molecule has 0 bridgehead atoms. The molecule has 0 saturated heterocycles. The second kappa shape index (κ2) is 5.69. The third-order valence-corrected chi connectivity index (χ3v) is 2.21. The number of aliphatic carboxylic acids is 2. The molecule has 1 aliphatic rings. The SMILES string of the molecule is NCC1CC(C(F)(F)F)C1.O=C(O)C(=O)O. The van der Waals surface area contributed by atoms with E-state index in [9.17, 15) is 13.2 Å². The van der Waals surface area contributed by atoms with Crippen LogP contribution in [0.1, 0.15) is 12.8 Å². The molecule has 0 radical (unpaired) electrons. The third-order valence-electron chi connectivity index (χ3n) is 2.21. The van der Waals surface area contributed by atoms with Crippen LogP contribution in [0.5, 0.6) is 0 Å². The number of halogens is 3. The number of rotatable bonds is 1. The van der Waals surface area contributed by atoms with Gasteiger partial charge in [-0.2, -0.15) is 13.2 Å². The number of nitrogens with two attached hydrogens (primary N) is 1. The molecule has 0 aromatic heterocycles. The standard InChI is InChI=1S/C6H10F3N.C2H2O4/c7-6(8,9)5-1-4(2-5)3-10;3-1(4)2(5)6/h4-5H,1-3,10H2;(H,3,4)(H,5,6). The van der Waals surface area contributed by atoms with Crippen molar-refractivity contribution >= 4 is 11.9 Å². The number of hydrogen-bond donors (Lipinski definition) is 3. The normalized spacial score (nSPS) is 23.8. The fourth-order valence-corrected chi connectivity index (χ4v) is 1.20. The summed E-state index contributed by atoms with van der Waals surface area (Å²) in [5.41, 5.74) is 5.17. The first kappa shape index (κ1) is 14.7. The van der Waals surface area contributed by atoms with Crippen LogP contribution in [0, 0.1) is 11.8 Å². The molecule has 5 nitrogen and oxygen atoms in total. The van der Waals surface area contributed by atoms with Gasteiger partial charge in [-0.1, -0.05) is 0 Å². The van der Waals surface area contributed by atoms with E-state index >= 15 is 0 Å². The molecule has 0 unspecified atom stereocenters. The van der Waals surface area contributed by atoms with Crippen molar-refractivity contribution in [1.29, 1.82) is 0 Å². The van der Waals surface area contributed by atoms with Crippen LogP contribution in [-0.2, 0) is 9.59 Å². The molecule has 1 fully saturated rings. The monoisotopic (exact) mass is 243 g/mol. The zero-order chi connectivity index (χ0) is 12.9. The van der Waals surface area contributed by atoms with Crippen LogP contribution in [0.3, 0.4) is 0 Å². The van der Waals surface area contributed by atoms with Crippen molar-refractivity contribution in [1.82, 2.24) is 0 Å². The average molecular weight is 243 g/mol. The number of hydrogen-bond acceptors (Lipinski definition) is 3. The summed E-state index contributed by atoms with van der Waals surface area (Å²) in [5.74, 6) is -4.60. The maximum absolute atomic E-state index is 11.8. The van der Waals surface area contributed by atoms with Gasteiger partial charge in [0.25, 0.3) is 0 Å². The van der Waals surface area contributed by atoms with Crippen LogP contribution in [0.4, 0.5) is 13.2 Å². The highest BCUT2D eigenvalue weighted by molar-refractivity contribution is 6.27.